The summed E-state index contributed by atoms with van der Waals surface area (Å²) in [6, 6.07) is 10.2. The molecule has 12 heteroatoms. The fourth-order valence-electron chi connectivity index (χ4n) is 3.97. The topological polar surface area (TPSA) is 157 Å². The van der Waals surface area contributed by atoms with Gasteiger partial charge in [-0.25, -0.2) is 14.4 Å². The first-order valence-electron chi connectivity index (χ1n) is 12.0. The van der Waals surface area contributed by atoms with E-state index in [4.69, 9.17) is 4.74 Å². The molecule has 1 aromatic carbocycles. The number of pyridine rings is 1. The van der Waals surface area contributed by atoms with Gasteiger partial charge in [-0.05, 0) is 51.1 Å². The molecule has 1 saturated heterocycles. The second-order valence-corrected chi connectivity index (χ2v) is 9.49. The lowest BCUT2D eigenvalue weighted by Crippen LogP contribution is -2.51. The second kappa shape index (κ2) is 11.0. The van der Waals surface area contributed by atoms with E-state index in [0.29, 0.717) is 22.8 Å². The van der Waals surface area contributed by atoms with E-state index in [1.165, 1.54) is 18.2 Å². The normalized spacial score (nSPS) is 18.4. The van der Waals surface area contributed by atoms with Crippen LogP contribution in [0.25, 0.3) is 11.4 Å². The number of likely N-dealkylation sites (tertiary alicyclic amines) is 1. The number of benzene rings is 1. The van der Waals surface area contributed by atoms with Crippen molar-refractivity contribution in [2.24, 2.45) is 0 Å². The zero-order valence-corrected chi connectivity index (χ0v) is 21.2. The molecule has 3 N–H and O–H groups in total. The highest BCUT2D eigenvalue weighted by atomic mass is 19.1. The predicted molar refractivity (Wildman–Crippen MR) is 135 cm³/mol. The Balaban J connectivity index is 1.49. The first-order chi connectivity index (χ1) is 18.0. The van der Waals surface area contributed by atoms with Gasteiger partial charge in [0.15, 0.2) is 12.0 Å². The third-order valence-electron chi connectivity index (χ3n) is 6.00. The Bertz CT molecular complexity index is 1360. The van der Waals surface area contributed by atoms with Crippen molar-refractivity contribution in [3.8, 4) is 23.2 Å². The van der Waals surface area contributed by atoms with E-state index in [2.05, 4.69) is 31.3 Å². The standard InChI is InChI=1S/C26H28FN7O4/c1-15(35)24(36)34-9-7-21(19(27)13-34)38-20-5-4-16(10-17(20)12-28)23-30-14-31-25(33-23)32-18-6-8-29-22(11-18)26(2,3)37/h4-6,8,10-11,14-15,19,21,35,37H,7,9,13H2,1-3H3,(H,29,30,31,32,33)/t15-,19+,21-/m0/s1. The van der Waals surface area contributed by atoms with Gasteiger partial charge in [0.1, 0.15) is 36.0 Å². The molecule has 4 rings (SSSR count). The number of piperidine rings is 1. The van der Waals surface area contributed by atoms with Crippen LogP contribution in [-0.2, 0) is 10.4 Å². The van der Waals surface area contributed by atoms with Gasteiger partial charge in [-0.3, -0.25) is 9.78 Å². The summed E-state index contributed by atoms with van der Waals surface area (Å²) in [6.45, 7) is 4.66. The summed E-state index contributed by atoms with van der Waals surface area (Å²) in [7, 11) is 0. The van der Waals surface area contributed by atoms with Crippen LogP contribution in [0.4, 0.5) is 16.0 Å². The van der Waals surface area contributed by atoms with E-state index >= 15 is 0 Å². The Morgan fingerprint density at radius 1 is 1.29 bits per heavy atom. The summed E-state index contributed by atoms with van der Waals surface area (Å²) in [5.74, 6) is 0.236. The number of alkyl halides is 1. The summed E-state index contributed by atoms with van der Waals surface area (Å²) in [5.41, 5.74) is 0.685. The van der Waals surface area contributed by atoms with Gasteiger partial charge >= 0.3 is 0 Å². The van der Waals surface area contributed by atoms with Crippen molar-refractivity contribution in [3.05, 3.63) is 54.1 Å². The number of halogens is 1. The number of aliphatic hydroxyl groups is 2. The summed E-state index contributed by atoms with van der Waals surface area (Å²) in [6.07, 6.45) is -0.396. The Kier molecular flexibility index (Phi) is 7.80. The van der Waals surface area contributed by atoms with Gasteiger partial charge in [0, 0.05) is 30.4 Å². The molecule has 38 heavy (non-hydrogen) atoms. The van der Waals surface area contributed by atoms with Crippen LogP contribution in [0.2, 0.25) is 0 Å². The molecule has 3 aromatic rings. The zero-order valence-electron chi connectivity index (χ0n) is 21.2. The van der Waals surface area contributed by atoms with Crippen LogP contribution >= 0.6 is 0 Å². The molecular formula is C26H28FN7O4. The number of carbonyl (C=O) groups excluding carboxylic acids is 1. The number of carbonyl (C=O) groups is 1. The van der Waals surface area contributed by atoms with Crippen LogP contribution in [0.5, 0.6) is 5.75 Å². The maximum atomic E-state index is 14.8. The molecule has 3 heterocycles. The SMILES string of the molecule is C[C@H](O)C(=O)N1CC[C@H](Oc2ccc(-c3ncnc(Nc4ccnc(C(C)(C)O)c4)n3)cc2C#N)[C@H](F)C1. The molecule has 2 aromatic heterocycles. The third kappa shape index (κ3) is 6.19. The number of aliphatic hydroxyl groups excluding tert-OH is 1. The number of rotatable bonds is 7. The Morgan fingerprint density at radius 2 is 2.08 bits per heavy atom. The highest BCUT2D eigenvalue weighted by Crippen LogP contribution is 2.29. The van der Waals surface area contributed by atoms with Crippen LogP contribution in [0.3, 0.4) is 0 Å². The highest BCUT2D eigenvalue weighted by molar-refractivity contribution is 5.80. The Labute approximate surface area is 219 Å². The van der Waals surface area contributed by atoms with Crippen LogP contribution in [0.15, 0.2) is 42.9 Å². The van der Waals surface area contributed by atoms with E-state index in [1.807, 2.05) is 0 Å². The van der Waals surface area contributed by atoms with Gasteiger partial charge in [-0.1, -0.05) is 0 Å². The average molecular weight is 522 g/mol. The van der Waals surface area contributed by atoms with E-state index in [-0.39, 0.29) is 36.8 Å². The van der Waals surface area contributed by atoms with Gasteiger partial charge in [-0.2, -0.15) is 10.2 Å². The molecule has 1 aliphatic heterocycles. The van der Waals surface area contributed by atoms with Gasteiger partial charge in [0.05, 0.1) is 17.8 Å². The number of hydrogen-bond donors (Lipinski definition) is 3. The number of nitrogens with zero attached hydrogens (tertiary/aromatic N) is 6. The van der Waals surface area contributed by atoms with Crippen molar-refractivity contribution >= 4 is 17.5 Å². The van der Waals surface area contributed by atoms with Crippen molar-refractivity contribution in [2.45, 2.75) is 51.2 Å². The van der Waals surface area contributed by atoms with Gasteiger partial charge in [-0.15, -0.1) is 0 Å². The molecule has 3 atom stereocenters. The number of ether oxygens (including phenoxy) is 1. The monoisotopic (exact) mass is 521 g/mol. The van der Waals surface area contributed by atoms with E-state index in [9.17, 15) is 24.7 Å². The number of nitriles is 1. The third-order valence-corrected chi connectivity index (χ3v) is 6.00. The van der Waals surface area contributed by atoms with Crippen molar-refractivity contribution in [1.82, 2.24) is 24.8 Å². The molecule has 11 nitrogen and oxygen atoms in total. The molecule has 198 valence electrons. The lowest BCUT2D eigenvalue weighted by molar-refractivity contribution is -0.143. The summed E-state index contributed by atoms with van der Waals surface area (Å²) < 4.78 is 20.6. The molecule has 0 radical (unpaired) electrons. The summed E-state index contributed by atoms with van der Waals surface area (Å²) in [5, 5.41) is 32.4. The number of amides is 1. The molecular weight excluding hydrogens is 493 g/mol. The van der Waals surface area contributed by atoms with Crippen molar-refractivity contribution < 1.29 is 24.1 Å². The molecule has 0 saturated carbocycles. The lowest BCUT2D eigenvalue weighted by Gasteiger charge is -2.35. The Hall–Kier alpha value is -4.21. The van der Waals surface area contributed by atoms with E-state index in [1.54, 1.807) is 50.4 Å². The summed E-state index contributed by atoms with van der Waals surface area (Å²) >= 11 is 0. The molecule has 0 aliphatic carbocycles. The van der Waals surface area contributed by atoms with Gasteiger partial charge in [0.2, 0.25) is 5.95 Å². The zero-order chi connectivity index (χ0) is 27.4. The lowest BCUT2D eigenvalue weighted by atomic mass is 10.0. The van der Waals surface area contributed by atoms with Crippen molar-refractivity contribution in [3.63, 3.8) is 0 Å². The maximum Gasteiger partial charge on any atom is 0.251 e. The average Bonchev–Trinajstić information content (AvgIpc) is 2.89. The predicted octanol–water partition coefficient (Wildman–Crippen LogP) is 2.47. The molecule has 0 spiro atoms. The minimum atomic E-state index is -1.47. The fraction of sp³-hybridized carbons (Fsp3) is 0.385. The van der Waals surface area contributed by atoms with Gasteiger partial charge in [0.25, 0.3) is 5.91 Å². The van der Waals surface area contributed by atoms with Crippen LogP contribution in [-0.4, -0.2) is 72.4 Å². The van der Waals surface area contributed by atoms with E-state index in [0.717, 1.165) is 0 Å². The minimum Gasteiger partial charge on any atom is -0.486 e. The highest BCUT2D eigenvalue weighted by Gasteiger charge is 2.34. The van der Waals surface area contributed by atoms with Crippen molar-refractivity contribution in [1.29, 1.82) is 5.26 Å². The molecule has 1 aliphatic rings. The van der Waals surface area contributed by atoms with Crippen LogP contribution in [0.1, 0.15) is 38.4 Å². The quantitative estimate of drug-likeness (QED) is 0.422. The molecule has 0 unspecified atom stereocenters. The minimum absolute atomic E-state index is 0.177. The molecule has 0 bridgehead atoms. The van der Waals surface area contributed by atoms with Crippen LogP contribution < -0.4 is 10.1 Å². The fourth-order valence-corrected chi connectivity index (χ4v) is 3.97. The first kappa shape index (κ1) is 26.8. The number of aromatic nitrogens is 4. The van der Waals surface area contributed by atoms with Gasteiger partial charge < -0.3 is 25.2 Å². The second-order valence-electron chi connectivity index (χ2n) is 9.49. The number of anilines is 2. The first-order valence-corrected chi connectivity index (χ1v) is 12.0. The van der Waals surface area contributed by atoms with E-state index < -0.39 is 29.9 Å². The van der Waals surface area contributed by atoms with Crippen molar-refractivity contribution in [2.75, 3.05) is 18.4 Å². The maximum absolute atomic E-state index is 14.8. The molecule has 1 amide bonds. The largest absolute Gasteiger partial charge is 0.486 e. The number of nitrogens with one attached hydrogen (secondary N) is 1. The Morgan fingerprint density at radius 3 is 2.76 bits per heavy atom. The van der Waals surface area contributed by atoms with Crippen LogP contribution in [0, 0.1) is 11.3 Å². The molecule has 1 fully saturated rings. The summed E-state index contributed by atoms with van der Waals surface area (Å²) in [4.78, 5) is 30.1. The number of hydrogen-bond acceptors (Lipinski definition) is 10. The smallest absolute Gasteiger partial charge is 0.251 e.